The molecule has 0 spiro atoms. The molecule has 6 heteroatoms. The molecule has 0 N–H and O–H groups in total. The van der Waals surface area contributed by atoms with Crippen LogP contribution in [0.15, 0.2) is 58.3 Å². The summed E-state index contributed by atoms with van der Waals surface area (Å²) in [6.07, 6.45) is 0. The Morgan fingerprint density at radius 2 is 0.923 bits per heavy atom. The predicted octanol–water partition coefficient (Wildman–Crippen LogP) is 2.77. The van der Waals surface area contributed by atoms with Gasteiger partial charge in [-0.2, -0.15) is 0 Å². The minimum atomic E-state index is -1.03. The van der Waals surface area contributed by atoms with Crippen LogP contribution in [0.3, 0.4) is 0 Å². The van der Waals surface area contributed by atoms with Gasteiger partial charge in [-0.1, -0.05) is 0 Å². The third-order valence-electron chi connectivity index (χ3n) is 3.43. The Hall–Kier alpha value is -0.221. The quantitative estimate of drug-likeness (QED) is 0.569. The molecule has 142 valence electrons. The van der Waals surface area contributed by atoms with E-state index in [2.05, 4.69) is 12.1 Å². The maximum absolute atomic E-state index is 12.9. The molecule has 0 amide bonds. The molecule has 2 atom stereocenters. The van der Waals surface area contributed by atoms with Gasteiger partial charge in [-0.15, -0.1) is 0 Å². The molecule has 2 nitrogen and oxygen atoms in total. The van der Waals surface area contributed by atoms with Crippen LogP contribution in [0.5, 0.6) is 0 Å². The maximum atomic E-state index is 12.9. The van der Waals surface area contributed by atoms with E-state index in [-0.39, 0.29) is 35.8 Å². The van der Waals surface area contributed by atoms with Crippen LogP contribution in [0.25, 0.3) is 0 Å². The normalized spacial score (nSPS) is 14.8. The molecule has 0 unspecified atom stereocenters. The molecule has 0 heterocycles. The standard InChI is InChI=1S/C20H26O2S2Se2/c1-19(2,3)23(21)15-11-7-9-13-17(15)25-26-18-14-10-8-12-16(18)24(22)20(4,5)6/h7-14H,1-6H3/t23-,24-/m1/s1. The molecule has 0 radical (unpaired) electrons. The van der Waals surface area contributed by atoms with Crippen LogP contribution in [0.1, 0.15) is 41.5 Å². The van der Waals surface area contributed by atoms with E-state index in [0.717, 1.165) is 9.79 Å². The van der Waals surface area contributed by atoms with Gasteiger partial charge in [-0.25, -0.2) is 0 Å². The van der Waals surface area contributed by atoms with Crippen molar-refractivity contribution in [3.63, 3.8) is 0 Å². The Balaban J connectivity index is 2.29. The molecule has 0 bridgehead atoms. The Morgan fingerprint density at radius 1 is 0.615 bits per heavy atom. The minimum absolute atomic E-state index is 0.197. The first kappa shape index (κ1) is 22.1. The summed E-state index contributed by atoms with van der Waals surface area (Å²) in [6.45, 7) is 12.1. The molecule has 2 aromatic rings. The molecule has 0 fully saturated rings. The van der Waals surface area contributed by atoms with Crippen LogP contribution in [0.4, 0.5) is 0 Å². The van der Waals surface area contributed by atoms with Gasteiger partial charge in [0, 0.05) is 0 Å². The zero-order valence-corrected chi connectivity index (χ0v) is 21.1. The number of hydrogen-bond acceptors (Lipinski definition) is 2. The number of benzene rings is 2. The summed E-state index contributed by atoms with van der Waals surface area (Å²) in [4.78, 5) is 1.91. The van der Waals surface area contributed by atoms with Crippen LogP contribution in [-0.4, -0.2) is 44.2 Å². The van der Waals surface area contributed by atoms with Crippen molar-refractivity contribution < 1.29 is 8.42 Å². The molecule has 0 aliphatic heterocycles. The molecular formula is C20H26O2S2Se2. The van der Waals surface area contributed by atoms with E-state index in [9.17, 15) is 8.42 Å². The second-order valence-electron chi connectivity index (χ2n) is 7.82. The van der Waals surface area contributed by atoms with Crippen LogP contribution < -0.4 is 8.92 Å². The Morgan fingerprint density at radius 3 is 1.23 bits per heavy atom. The fourth-order valence-electron chi connectivity index (χ4n) is 2.09. The zero-order chi connectivity index (χ0) is 19.5. The Bertz CT molecular complexity index is 752. The second kappa shape index (κ2) is 8.85. The molecule has 2 aromatic carbocycles. The van der Waals surface area contributed by atoms with Crippen molar-refractivity contribution in [1.82, 2.24) is 0 Å². The average molecular weight is 520 g/mol. The van der Waals surface area contributed by atoms with Crippen LogP contribution in [0, 0.1) is 0 Å². The summed E-state index contributed by atoms with van der Waals surface area (Å²) in [7, 11) is -2.07. The van der Waals surface area contributed by atoms with E-state index in [0.29, 0.717) is 0 Å². The molecule has 0 saturated carbocycles. The summed E-state index contributed by atoms with van der Waals surface area (Å²) in [6, 6.07) is 16.2. The van der Waals surface area contributed by atoms with E-state index in [1.54, 1.807) is 0 Å². The van der Waals surface area contributed by atoms with Gasteiger partial charge in [-0.05, 0) is 0 Å². The second-order valence-corrected chi connectivity index (χ2v) is 18.4. The van der Waals surface area contributed by atoms with Gasteiger partial charge in [-0.3, -0.25) is 0 Å². The van der Waals surface area contributed by atoms with Crippen molar-refractivity contribution in [1.29, 1.82) is 0 Å². The molecule has 0 aromatic heterocycles. The Kier molecular flexibility index (Phi) is 7.52. The molecular weight excluding hydrogens is 494 g/mol. The molecule has 2 rings (SSSR count). The van der Waals surface area contributed by atoms with Crippen molar-refractivity contribution in [2.45, 2.75) is 60.8 Å². The van der Waals surface area contributed by atoms with Crippen molar-refractivity contribution in [2.24, 2.45) is 0 Å². The first-order valence-corrected chi connectivity index (χ1v) is 16.7. The average Bonchev–Trinajstić information content (AvgIpc) is 2.57. The summed E-state index contributed by atoms with van der Waals surface area (Å²) < 4.78 is 27.6. The van der Waals surface area contributed by atoms with Gasteiger partial charge in [0.25, 0.3) is 0 Å². The van der Waals surface area contributed by atoms with E-state index >= 15 is 0 Å². The first-order chi connectivity index (χ1) is 12.0. The van der Waals surface area contributed by atoms with Crippen molar-refractivity contribution >= 4 is 56.8 Å². The van der Waals surface area contributed by atoms with Gasteiger partial charge in [0.15, 0.2) is 0 Å². The van der Waals surface area contributed by atoms with Crippen molar-refractivity contribution in [3.05, 3.63) is 48.5 Å². The SMILES string of the molecule is CC(C)(C)[S@](=O)c1ccccc1[Se][Se]c1ccccc1[S@@](=O)C(C)(C)C. The molecule has 0 saturated heterocycles. The van der Waals surface area contributed by atoms with Crippen molar-refractivity contribution in [2.75, 3.05) is 0 Å². The molecule has 0 aliphatic carbocycles. The summed E-state index contributed by atoms with van der Waals surface area (Å²) >= 11 is 0.394. The number of hydrogen-bond donors (Lipinski definition) is 0. The summed E-state index contributed by atoms with van der Waals surface area (Å²) in [5.74, 6) is 0. The summed E-state index contributed by atoms with van der Waals surface area (Å²) in [5, 5.41) is 0. The third-order valence-corrected chi connectivity index (χ3v) is 15.0. The van der Waals surface area contributed by atoms with Gasteiger partial charge in [0.05, 0.1) is 0 Å². The Labute approximate surface area is 173 Å². The van der Waals surface area contributed by atoms with Crippen LogP contribution in [-0.2, 0) is 21.6 Å². The van der Waals surface area contributed by atoms with Crippen LogP contribution >= 0.6 is 0 Å². The number of rotatable bonds is 5. The van der Waals surface area contributed by atoms with Gasteiger partial charge in [0.2, 0.25) is 0 Å². The first-order valence-electron chi connectivity index (χ1n) is 8.38. The van der Waals surface area contributed by atoms with Crippen molar-refractivity contribution in [3.8, 4) is 0 Å². The fourth-order valence-corrected chi connectivity index (χ4v) is 13.6. The van der Waals surface area contributed by atoms with Gasteiger partial charge >= 0.3 is 175 Å². The van der Waals surface area contributed by atoms with E-state index in [1.165, 1.54) is 8.92 Å². The van der Waals surface area contributed by atoms with E-state index in [1.807, 2.05) is 77.9 Å². The van der Waals surface area contributed by atoms with E-state index in [4.69, 9.17) is 0 Å². The van der Waals surface area contributed by atoms with E-state index < -0.39 is 21.6 Å². The fraction of sp³-hybridized carbons (Fsp3) is 0.400. The third kappa shape index (κ3) is 5.64. The topological polar surface area (TPSA) is 34.1 Å². The monoisotopic (exact) mass is 522 g/mol. The molecule has 0 aliphatic rings. The predicted molar refractivity (Wildman–Crippen MR) is 116 cm³/mol. The van der Waals surface area contributed by atoms with Gasteiger partial charge < -0.3 is 0 Å². The summed E-state index contributed by atoms with van der Waals surface area (Å²) in [5.41, 5.74) is 0. The zero-order valence-electron chi connectivity index (χ0n) is 16.1. The molecule has 26 heavy (non-hydrogen) atoms. The van der Waals surface area contributed by atoms with Crippen LogP contribution in [0.2, 0.25) is 0 Å². The van der Waals surface area contributed by atoms with Gasteiger partial charge in [0.1, 0.15) is 0 Å².